The number of hydrogen-bond acceptors (Lipinski definition) is 4. The van der Waals surface area contributed by atoms with Crippen molar-refractivity contribution in [1.82, 2.24) is 4.98 Å². The van der Waals surface area contributed by atoms with Gasteiger partial charge in [0.05, 0.1) is 11.4 Å². The van der Waals surface area contributed by atoms with E-state index in [1.54, 1.807) is 6.20 Å². The van der Waals surface area contributed by atoms with Gasteiger partial charge in [0.15, 0.2) is 6.61 Å². The predicted octanol–water partition coefficient (Wildman–Crippen LogP) is 2.57. The van der Waals surface area contributed by atoms with E-state index in [0.717, 1.165) is 10.0 Å². The third kappa shape index (κ3) is 2.55. The number of aromatic nitrogens is 1. The van der Waals surface area contributed by atoms with E-state index in [2.05, 4.69) is 31.4 Å². The minimum atomic E-state index is -0.239. The third-order valence-corrected chi connectivity index (χ3v) is 3.26. The van der Waals surface area contributed by atoms with Crippen LogP contribution in [-0.4, -0.2) is 23.2 Å². The first-order valence-electron chi connectivity index (χ1n) is 5.95. The number of benzene rings is 1. The Bertz CT molecular complexity index is 686. The van der Waals surface area contributed by atoms with E-state index in [-0.39, 0.29) is 12.5 Å². The Kier molecular flexibility index (Phi) is 3.47. The molecule has 0 fully saturated rings. The predicted molar refractivity (Wildman–Crippen MR) is 78.6 cm³/mol. The van der Waals surface area contributed by atoms with Gasteiger partial charge >= 0.3 is 0 Å². The zero-order valence-electron chi connectivity index (χ0n) is 10.3. The van der Waals surface area contributed by atoms with Crippen molar-refractivity contribution in [2.24, 2.45) is 5.16 Å². The summed E-state index contributed by atoms with van der Waals surface area (Å²) in [6.07, 6.45) is 1.69. The maximum atomic E-state index is 11.6. The summed E-state index contributed by atoms with van der Waals surface area (Å²) in [6.45, 7) is -0.119. The van der Waals surface area contributed by atoms with Crippen LogP contribution in [0.2, 0.25) is 0 Å². The molecule has 2 aromatic rings. The lowest BCUT2D eigenvalue weighted by molar-refractivity contribution is -0.120. The number of fused-ring (bicyclic) bond motifs is 1. The molecular formula is C14H10BrN3O2. The number of pyridine rings is 1. The van der Waals surface area contributed by atoms with Gasteiger partial charge in [-0.3, -0.25) is 9.78 Å². The van der Waals surface area contributed by atoms with Gasteiger partial charge < -0.3 is 10.2 Å². The van der Waals surface area contributed by atoms with Crippen LogP contribution in [0, 0.1) is 0 Å². The standard InChI is InChI=1S/C14H10BrN3O2/c15-9-4-5-11-10(7-9)14(12-3-1-2-6-16-12)18-20-8-13(19)17-11/h1-7H,8H2,(H,17,19). The van der Waals surface area contributed by atoms with Gasteiger partial charge in [-0.25, -0.2) is 0 Å². The Morgan fingerprint density at radius 2 is 2.15 bits per heavy atom. The molecule has 0 spiro atoms. The topological polar surface area (TPSA) is 63.6 Å². The summed E-state index contributed by atoms with van der Waals surface area (Å²) in [5, 5.41) is 6.85. The lowest BCUT2D eigenvalue weighted by Gasteiger charge is -2.15. The number of nitrogens with zero attached hydrogens (tertiary/aromatic N) is 2. The molecule has 1 aliphatic heterocycles. The van der Waals surface area contributed by atoms with Crippen LogP contribution in [0.5, 0.6) is 0 Å². The van der Waals surface area contributed by atoms with Crippen LogP contribution in [0.1, 0.15) is 11.3 Å². The monoisotopic (exact) mass is 331 g/mol. The lowest BCUT2D eigenvalue weighted by Crippen LogP contribution is -2.22. The van der Waals surface area contributed by atoms with Crippen molar-refractivity contribution in [2.75, 3.05) is 11.9 Å². The van der Waals surface area contributed by atoms with E-state index in [1.165, 1.54) is 0 Å². The second kappa shape index (κ2) is 5.42. The summed E-state index contributed by atoms with van der Waals surface area (Å²) in [7, 11) is 0. The van der Waals surface area contributed by atoms with Gasteiger partial charge in [0.25, 0.3) is 5.91 Å². The number of nitrogens with one attached hydrogen (secondary N) is 1. The van der Waals surface area contributed by atoms with Crippen LogP contribution in [0.25, 0.3) is 0 Å². The number of halogens is 1. The van der Waals surface area contributed by atoms with Gasteiger partial charge in [-0.1, -0.05) is 27.2 Å². The van der Waals surface area contributed by atoms with E-state index >= 15 is 0 Å². The Morgan fingerprint density at radius 1 is 1.25 bits per heavy atom. The number of carbonyl (C=O) groups excluding carboxylic acids is 1. The molecule has 100 valence electrons. The summed E-state index contributed by atoms with van der Waals surface area (Å²) in [5.41, 5.74) is 2.71. The summed E-state index contributed by atoms with van der Waals surface area (Å²) >= 11 is 3.42. The normalized spacial score (nSPS) is 14.2. The molecular weight excluding hydrogens is 322 g/mol. The van der Waals surface area contributed by atoms with E-state index < -0.39 is 0 Å². The molecule has 2 heterocycles. The Hall–Kier alpha value is -2.21. The van der Waals surface area contributed by atoms with Crippen LogP contribution in [0.15, 0.2) is 52.2 Å². The second-order valence-electron chi connectivity index (χ2n) is 4.17. The first kappa shape index (κ1) is 12.8. The zero-order chi connectivity index (χ0) is 13.9. The summed E-state index contributed by atoms with van der Waals surface area (Å²) in [6, 6.07) is 11.1. The van der Waals surface area contributed by atoms with Crippen molar-refractivity contribution in [3.63, 3.8) is 0 Å². The molecule has 1 aromatic carbocycles. The maximum absolute atomic E-state index is 11.6. The van der Waals surface area contributed by atoms with Crippen molar-refractivity contribution < 1.29 is 9.63 Å². The Balaban J connectivity index is 2.17. The lowest BCUT2D eigenvalue weighted by atomic mass is 10.0. The molecule has 0 unspecified atom stereocenters. The van der Waals surface area contributed by atoms with E-state index in [1.807, 2.05) is 36.4 Å². The Labute approximate surface area is 123 Å². The van der Waals surface area contributed by atoms with E-state index in [9.17, 15) is 4.79 Å². The first-order valence-corrected chi connectivity index (χ1v) is 6.74. The minimum absolute atomic E-state index is 0.119. The van der Waals surface area contributed by atoms with Crippen molar-refractivity contribution in [3.05, 3.63) is 58.3 Å². The van der Waals surface area contributed by atoms with Crippen LogP contribution in [0.3, 0.4) is 0 Å². The molecule has 1 aromatic heterocycles. The molecule has 0 saturated carbocycles. The van der Waals surface area contributed by atoms with Gasteiger partial charge in [0.2, 0.25) is 0 Å². The molecule has 1 aliphatic rings. The number of amides is 1. The van der Waals surface area contributed by atoms with E-state index in [4.69, 9.17) is 4.84 Å². The molecule has 20 heavy (non-hydrogen) atoms. The fraction of sp³-hybridized carbons (Fsp3) is 0.0714. The molecule has 6 heteroatoms. The fourth-order valence-electron chi connectivity index (χ4n) is 1.90. The molecule has 1 N–H and O–H groups in total. The first-order chi connectivity index (χ1) is 9.74. The Morgan fingerprint density at radius 3 is 2.95 bits per heavy atom. The van der Waals surface area contributed by atoms with Crippen LogP contribution < -0.4 is 5.32 Å². The summed E-state index contributed by atoms with van der Waals surface area (Å²) in [4.78, 5) is 20.9. The molecule has 0 aliphatic carbocycles. The highest BCUT2D eigenvalue weighted by Crippen LogP contribution is 2.25. The average molecular weight is 332 g/mol. The molecule has 1 amide bonds. The fourth-order valence-corrected chi connectivity index (χ4v) is 2.26. The van der Waals surface area contributed by atoms with Crippen molar-refractivity contribution >= 4 is 33.2 Å². The van der Waals surface area contributed by atoms with Gasteiger partial charge in [0, 0.05) is 16.2 Å². The quantitative estimate of drug-likeness (QED) is 0.873. The van der Waals surface area contributed by atoms with Gasteiger partial charge in [-0.2, -0.15) is 0 Å². The number of rotatable bonds is 1. The highest BCUT2D eigenvalue weighted by atomic mass is 79.9. The summed E-state index contributed by atoms with van der Waals surface area (Å²) < 4.78 is 0.884. The minimum Gasteiger partial charge on any atom is -0.385 e. The van der Waals surface area contributed by atoms with Crippen molar-refractivity contribution in [3.8, 4) is 0 Å². The molecule has 5 nitrogen and oxygen atoms in total. The van der Waals surface area contributed by atoms with Gasteiger partial charge in [-0.15, -0.1) is 0 Å². The van der Waals surface area contributed by atoms with Gasteiger partial charge in [-0.05, 0) is 30.3 Å². The van der Waals surface area contributed by atoms with Crippen LogP contribution >= 0.6 is 15.9 Å². The van der Waals surface area contributed by atoms with Crippen LogP contribution in [-0.2, 0) is 9.63 Å². The maximum Gasteiger partial charge on any atom is 0.265 e. The highest BCUT2D eigenvalue weighted by molar-refractivity contribution is 9.10. The number of anilines is 1. The average Bonchev–Trinajstić information content (AvgIpc) is 2.45. The van der Waals surface area contributed by atoms with Gasteiger partial charge in [0.1, 0.15) is 5.71 Å². The molecule has 0 radical (unpaired) electrons. The number of oxime groups is 1. The highest BCUT2D eigenvalue weighted by Gasteiger charge is 2.18. The molecule has 3 rings (SSSR count). The SMILES string of the molecule is O=C1CON=C(c2ccccn2)c2cc(Br)ccc2N1. The largest absolute Gasteiger partial charge is 0.385 e. The molecule has 0 bridgehead atoms. The molecule has 0 saturated heterocycles. The second-order valence-corrected chi connectivity index (χ2v) is 5.08. The van der Waals surface area contributed by atoms with E-state index in [0.29, 0.717) is 17.1 Å². The summed E-state index contributed by atoms with van der Waals surface area (Å²) in [5.74, 6) is -0.239. The zero-order valence-corrected chi connectivity index (χ0v) is 11.9. The van der Waals surface area contributed by atoms with Crippen LogP contribution in [0.4, 0.5) is 5.69 Å². The van der Waals surface area contributed by atoms with Crippen molar-refractivity contribution in [1.29, 1.82) is 0 Å². The van der Waals surface area contributed by atoms with Crippen molar-refractivity contribution in [2.45, 2.75) is 0 Å². The number of hydrogen-bond donors (Lipinski definition) is 1. The number of carbonyl (C=O) groups is 1. The third-order valence-electron chi connectivity index (χ3n) is 2.77. The smallest absolute Gasteiger partial charge is 0.265 e. The molecule has 0 atom stereocenters.